The number of fused-ring (bicyclic) bond motifs is 1. The molecule has 6 heteroatoms. The van der Waals surface area contributed by atoms with E-state index in [-0.39, 0.29) is 0 Å². The normalized spacial score (nSPS) is 15.2. The fourth-order valence-corrected chi connectivity index (χ4v) is 2.26. The highest BCUT2D eigenvalue weighted by Gasteiger charge is 2.16. The Morgan fingerprint density at radius 2 is 2.05 bits per heavy atom. The van der Waals surface area contributed by atoms with Crippen LogP contribution in [0, 0.1) is 0 Å². The largest absolute Gasteiger partial charge is 0.363 e. The number of H-pyrrole nitrogens is 1. The molecular formula is C14H14N6. The van der Waals surface area contributed by atoms with Crippen molar-refractivity contribution < 1.29 is 0 Å². The van der Waals surface area contributed by atoms with Crippen LogP contribution in [0.3, 0.4) is 0 Å². The summed E-state index contributed by atoms with van der Waals surface area (Å²) in [6.07, 6.45) is 1.69. The molecule has 0 spiro atoms. The van der Waals surface area contributed by atoms with E-state index in [9.17, 15) is 0 Å². The van der Waals surface area contributed by atoms with Gasteiger partial charge in [-0.05, 0) is 24.3 Å². The Bertz CT molecular complexity index is 729. The highest BCUT2D eigenvalue weighted by molar-refractivity contribution is 5.80. The predicted molar refractivity (Wildman–Crippen MR) is 77.4 cm³/mol. The molecule has 0 radical (unpaired) electrons. The third-order valence-electron chi connectivity index (χ3n) is 3.51. The second-order valence-electron chi connectivity index (χ2n) is 4.94. The number of nitrogens with zero attached hydrogens (tertiary/aromatic N) is 3. The quantitative estimate of drug-likeness (QED) is 0.668. The van der Waals surface area contributed by atoms with E-state index in [0.29, 0.717) is 6.04 Å². The molecule has 3 aromatic rings. The second-order valence-corrected chi connectivity index (χ2v) is 4.94. The Hall–Kier alpha value is -2.47. The van der Waals surface area contributed by atoms with Gasteiger partial charge in [-0.2, -0.15) is 0 Å². The molecule has 100 valence electrons. The summed E-state index contributed by atoms with van der Waals surface area (Å²) < 4.78 is 0. The maximum atomic E-state index is 4.28. The van der Waals surface area contributed by atoms with Crippen LogP contribution in [0.4, 0.5) is 5.82 Å². The molecule has 0 aliphatic carbocycles. The molecule has 0 bridgehead atoms. The number of imidazole rings is 1. The zero-order valence-electron chi connectivity index (χ0n) is 10.8. The van der Waals surface area contributed by atoms with Crippen LogP contribution in [0.25, 0.3) is 22.3 Å². The first kappa shape index (κ1) is 11.4. The molecule has 0 saturated carbocycles. The van der Waals surface area contributed by atoms with Crippen LogP contribution in [0.15, 0.2) is 36.7 Å². The summed E-state index contributed by atoms with van der Waals surface area (Å²) >= 11 is 0. The molecule has 2 aromatic heterocycles. The van der Waals surface area contributed by atoms with E-state index in [1.165, 1.54) is 0 Å². The molecule has 3 N–H and O–H groups in total. The van der Waals surface area contributed by atoms with Crippen molar-refractivity contribution in [3.05, 3.63) is 36.7 Å². The summed E-state index contributed by atoms with van der Waals surface area (Å²) in [5.74, 6) is 0.822. The van der Waals surface area contributed by atoms with Gasteiger partial charge in [0.2, 0.25) is 0 Å². The van der Waals surface area contributed by atoms with Gasteiger partial charge in [-0.1, -0.05) is 6.07 Å². The van der Waals surface area contributed by atoms with Crippen LogP contribution in [-0.2, 0) is 0 Å². The van der Waals surface area contributed by atoms with Crippen LogP contribution in [-0.4, -0.2) is 39.3 Å². The van der Waals surface area contributed by atoms with Crippen molar-refractivity contribution in [2.24, 2.45) is 0 Å². The number of hydrogen-bond acceptors (Lipinski definition) is 5. The van der Waals surface area contributed by atoms with Crippen molar-refractivity contribution in [3.8, 4) is 11.3 Å². The SMILES string of the molecule is c1nc2ccc(-c3ccc(NC4CNC4)nn3)cc2[nH]1. The summed E-state index contributed by atoms with van der Waals surface area (Å²) in [4.78, 5) is 7.31. The number of benzene rings is 1. The van der Waals surface area contributed by atoms with Gasteiger partial charge in [0.1, 0.15) is 5.82 Å². The molecule has 0 unspecified atom stereocenters. The third kappa shape index (κ3) is 2.00. The Labute approximate surface area is 115 Å². The molecule has 6 nitrogen and oxygen atoms in total. The van der Waals surface area contributed by atoms with E-state index in [0.717, 1.165) is 41.2 Å². The first-order valence-corrected chi connectivity index (χ1v) is 6.63. The van der Waals surface area contributed by atoms with Crippen LogP contribution in [0.5, 0.6) is 0 Å². The van der Waals surface area contributed by atoms with Crippen molar-refractivity contribution in [2.75, 3.05) is 18.4 Å². The molecule has 0 atom stereocenters. The predicted octanol–water partition coefficient (Wildman–Crippen LogP) is 1.40. The average molecular weight is 266 g/mol. The topological polar surface area (TPSA) is 78.5 Å². The van der Waals surface area contributed by atoms with E-state index in [1.54, 1.807) is 6.33 Å². The van der Waals surface area contributed by atoms with E-state index < -0.39 is 0 Å². The molecule has 1 saturated heterocycles. The number of anilines is 1. The Morgan fingerprint density at radius 1 is 1.10 bits per heavy atom. The number of aromatic nitrogens is 4. The van der Waals surface area contributed by atoms with Gasteiger partial charge in [0.05, 0.1) is 29.1 Å². The molecule has 4 rings (SSSR count). The second kappa shape index (κ2) is 4.57. The van der Waals surface area contributed by atoms with Crippen molar-refractivity contribution in [3.63, 3.8) is 0 Å². The molecule has 1 fully saturated rings. The number of nitrogens with one attached hydrogen (secondary N) is 3. The van der Waals surface area contributed by atoms with Crippen LogP contribution in [0.1, 0.15) is 0 Å². The van der Waals surface area contributed by atoms with E-state index in [2.05, 4.69) is 30.8 Å². The summed E-state index contributed by atoms with van der Waals surface area (Å²) in [7, 11) is 0. The molecule has 1 aliphatic rings. The van der Waals surface area contributed by atoms with Gasteiger partial charge in [0.25, 0.3) is 0 Å². The molecule has 1 aromatic carbocycles. The van der Waals surface area contributed by atoms with Crippen molar-refractivity contribution in [1.29, 1.82) is 0 Å². The van der Waals surface area contributed by atoms with Crippen molar-refractivity contribution in [1.82, 2.24) is 25.5 Å². The van der Waals surface area contributed by atoms with Gasteiger partial charge in [0.15, 0.2) is 0 Å². The molecule has 20 heavy (non-hydrogen) atoms. The Kier molecular flexibility index (Phi) is 2.60. The molecular weight excluding hydrogens is 252 g/mol. The monoisotopic (exact) mass is 266 g/mol. The van der Waals surface area contributed by atoms with Crippen molar-refractivity contribution in [2.45, 2.75) is 6.04 Å². The number of aromatic amines is 1. The Morgan fingerprint density at radius 3 is 2.80 bits per heavy atom. The minimum absolute atomic E-state index is 0.469. The maximum Gasteiger partial charge on any atom is 0.148 e. The van der Waals surface area contributed by atoms with Crippen LogP contribution < -0.4 is 10.6 Å². The van der Waals surface area contributed by atoms with E-state index >= 15 is 0 Å². The highest BCUT2D eigenvalue weighted by atomic mass is 15.2. The highest BCUT2D eigenvalue weighted by Crippen LogP contribution is 2.21. The molecule has 1 aliphatic heterocycles. The van der Waals surface area contributed by atoms with Gasteiger partial charge < -0.3 is 15.6 Å². The number of hydrogen-bond donors (Lipinski definition) is 3. The van der Waals surface area contributed by atoms with Crippen LogP contribution >= 0.6 is 0 Å². The van der Waals surface area contributed by atoms with Gasteiger partial charge in [-0.3, -0.25) is 0 Å². The van der Waals surface area contributed by atoms with E-state index in [1.807, 2.05) is 30.3 Å². The smallest absolute Gasteiger partial charge is 0.148 e. The lowest BCUT2D eigenvalue weighted by molar-refractivity contribution is 0.470. The lowest BCUT2D eigenvalue weighted by atomic mass is 10.1. The summed E-state index contributed by atoms with van der Waals surface area (Å²) in [5.41, 5.74) is 3.86. The van der Waals surface area contributed by atoms with Crippen LogP contribution in [0.2, 0.25) is 0 Å². The van der Waals surface area contributed by atoms with Gasteiger partial charge >= 0.3 is 0 Å². The Balaban J connectivity index is 1.60. The lowest BCUT2D eigenvalue weighted by Gasteiger charge is -2.28. The average Bonchev–Trinajstić information content (AvgIpc) is 2.91. The van der Waals surface area contributed by atoms with Gasteiger partial charge in [-0.15, -0.1) is 10.2 Å². The standard InChI is InChI=1S/C14H14N6/c1-2-12-13(17-8-16-12)5-9(1)11-3-4-14(20-19-11)18-10-6-15-7-10/h1-5,8,10,15H,6-7H2,(H,16,17)(H,18,20). The fourth-order valence-electron chi connectivity index (χ4n) is 2.26. The lowest BCUT2D eigenvalue weighted by Crippen LogP contribution is -2.51. The summed E-state index contributed by atoms with van der Waals surface area (Å²) in [6.45, 7) is 1.97. The van der Waals surface area contributed by atoms with E-state index in [4.69, 9.17) is 0 Å². The van der Waals surface area contributed by atoms with Gasteiger partial charge in [0, 0.05) is 18.7 Å². The summed E-state index contributed by atoms with van der Waals surface area (Å²) in [6, 6.07) is 10.5. The maximum absolute atomic E-state index is 4.28. The van der Waals surface area contributed by atoms with Crippen molar-refractivity contribution >= 4 is 16.9 Å². The minimum atomic E-state index is 0.469. The molecule has 0 amide bonds. The zero-order valence-corrected chi connectivity index (χ0v) is 10.8. The minimum Gasteiger partial charge on any atom is -0.363 e. The van der Waals surface area contributed by atoms with Gasteiger partial charge in [-0.25, -0.2) is 4.98 Å². The third-order valence-corrected chi connectivity index (χ3v) is 3.51. The first-order valence-electron chi connectivity index (χ1n) is 6.63. The fraction of sp³-hybridized carbons (Fsp3) is 0.214. The zero-order chi connectivity index (χ0) is 13.4. The molecule has 3 heterocycles. The summed E-state index contributed by atoms with van der Waals surface area (Å²) in [5, 5.41) is 15.1. The first-order chi connectivity index (χ1) is 9.88. The number of rotatable bonds is 3.